The molecule has 1 aliphatic heterocycles. The molecule has 0 aromatic heterocycles. The molecule has 0 aliphatic carbocycles. The number of halogens is 1. The summed E-state index contributed by atoms with van der Waals surface area (Å²) in [4.78, 5) is 24.0. The summed E-state index contributed by atoms with van der Waals surface area (Å²) in [5.74, 6) is -2.12. The molecule has 0 N–H and O–H groups in total. The van der Waals surface area contributed by atoms with Gasteiger partial charge in [0.1, 0.15) is 0 Å². The second-order valence-electron chi connectivity index (χ2n) is 4.16. The van der Waals surface area contributed by atoms with E-state index in [1.54, 1.807) is 18.2 Å². The SMILES string of the molecule is Cc1ccc(Cl)cc1N1C[C@H](C(=O)[O-])CC1=O. The number of amides is 1. The van der Waals surface area contributed by atoms with Crippen LogP contribution in [0, 0.1) is 12.8 Å². The lowest BCUT2D eigenvalue weighted by Gasteiger charge is -2.19. The van der Waals surface area contributed by atoms with Gasteiger partial charge < -0.3 is 14.8 Å². The molecule has 0 radical (unpaired) electrons. The third kappa shape index (κ3) is 2.26. The molecular weight excluding hydrogens is 242 g/mol. The first-order valence-electron chi connectivity index (χ1n) is 5.26. The predicted molar refractivity (Wildman–Crippen MR) is 61.7 cm³/mol. The Hall–Kier alpha value is -1.55. The molecule has 1 fully saturated rings. The summed E-state index contributed by atoms with van der Waals surface area (Å²) < 4.78 is 0. The molecule has 0 bridgehead atoms. The van der Waals surface area contributed by atoms with Gasteiger partial charge in [-0.1, -0.05) is 17.7 Å². The Labute approximate surface area is 104 Å². The minimum absolute atomic E-state index is 0.00567. The minimum atomic E-state index is -1.18. The van der Waals surface area contributed by atoms with E-state index in [1.807, 2.05) is 6.92 Å². The van der Waals surface area contributed by atoms with Gasteiger partial charge in [0, 0.05) is 35.6 Å². The summed E-state index contributed by atoms with van der Waals surface area (Å²) >= 11 is 5.88. The molecule has 0 saturated carbocycles. The largest absolute Gasteiger partial charge is 0.550 e. The average molecular weight is 253 g/mol. The molecule has 2 rings (SSSR count). The number of carboxylic acid groups (broad SMARTS) is 1. The Bertz CT molecular complexity index is 487. The zero-order valence-electron chi connectivity index (χ0n) is 9.27. The Morgan fingerprint density at radius 3 is 2.82 bits per heavy atom. The van der Waals surface area contributed by atoms with Gasteiger partial charge in [0.2, 0.25) is 5.91 Å². The standard InChI is InChI=1S/C12H12ClNO3/c1-7-2-3-9(13)5-10(7)14-6-8(12(16)17)4-11(14)15/h2-3,5,8H,4,6H2,1H3,(H,16,17)/p-1/t8-/m1/s1. The van der Waals surface area contributed by atoms with Gasteiger partial charge in [-0.15, -0.1) is 0 Å². The van der Waals surface area contributed by atoms with Crippen LogP contribution in [0.25, 0.3) is 0 Å². The molecule has 1 heterocycles. The molecule has 1 saturated heterocycles. The fourth-order valence-corrected chi connectivity index (χ4v) is 2.14. The van der Waals surface area contributed by atoms with Crippen molar-refractivity contribution >= 4 is 29.2 Å². The maximum atomic E-state index is 11.7. The number of carbonyl (C=O) groups excluding carboxylic acids is 2. The van der Waals surface area contributed by atoms with Crippen LogP contribution in [0.3, 0.4) is 0 Å². The molecule has 0 unspecified atom stereocenters. The first-order chi connectivity index (χ1) is 7.99. The number of carbonyl (C=O) groups is 2. The molecule has 90 valence electrons. The Morgan fingerprint density at radius 2 is 2.24 bits per heavy atom. The van der Waals surface area contributed by atoms with Gasteiger partial charge in [-0.2, -0.15) is 0 Å². The number of benzene rings is 1. The number of carboxylic acids is 1. The number of aliphatic carboxylic acids is 1. The Kier molecular flexibility index (Phi) is 3.07. The molecule has 1 amide bonds. The predicted octanol–water partition coefficient (Wildman–Crippen LogP) is 0.751. The summed E-state index contributed by atoms with van der Waals surface area (Å²) in [6.07, 6.45) is -0.00567. The smallest absolute Gasteiger partial charge is 0.227 e. The molecule has 5 heteroatoms. The van der Waals surface area contributed by atoms with E-state index in [0.29, 0.717) is 10.7 Å². The normalized spacial score (nSPS) is 19.8. The highest BCUT2D eigenvalue weighted by Gasteiger charge is 2.32. The van der Waals surface area contributed by atoms with Crippen LogP contribution in [-0.4, -0.2) is 18.4 Å². The fourth-order valence-electron chi connectivity index (χ4n) is 1.97. The quantitative estimate of drug-likeness (QED) is 0.780. The second kappa shape index (κ2) is 4.37. The molecule has 4 nitrogen and oxygen atoms in total. The maximum Gasteiger partial charge on any atom is 0.227 e. The van der Waals surface area contributed by atoms with Crippen LogP contribution in [0.1, 0.15) is 12.0 Å². The van der Waals surface area contributed by atoms with Crippen LogP contribution in [0.5, 0.6) is 0 Å². The van der Waals surface area contributed by atoms with E-state index in [-0.39, 0.29) is 18.9 Å². The van der Waals surface area contributed by atoms with E-state index in [2.05, 4.69) is 0 Å². The number of anilines is 1. The van der Waals surface area contributed by atoms with Crippen molar-refractivity contribution in [2.75, 3.05) is 11.4 Å². The zero-order valence-corrected chi connectivity index (χ0v) is 10.0. The van der Waals surface area contributed by atoms with Gasteiger partial charge >= 0.3 is 0 Å². The van der Waals surface area contributed by atoms with E-state index in [4.69, 9.17) is 11.6 Å². The molecule has 1 aliphatic rings. The lowest BCUT2D eigenvalue weighted by atomic mass is 10.1. The first-order valence-corrected chi connectivity index (χ1v) is 5.64. The van der Waals surface area contributed by atoms with E-state index < -0.39 is 11.9 Å². The highest BCUT2D eigenvalue weighted by Crippen LogP contribution is 2.29. The summed E-state index contributed by atoms with van der Waals surface area (Å²) in [7, 11) is 0. The zero-order chi connectivity index (χ0) is 12.6. The summed E-state index contributed by atoms with van der Waals surface area (Å²) in [5.41, 5.74) is 1.56. The molecular formula is C12H11ClNO3-. The van der Waals surface area contributed by atoms with Crippen molar-refractivity contribution in [2.45, 2.75) is 13.3 Å². The highest BCUT2D eigenvalue weighted by atomic mass is 35.5. The van der Waals surface area contributed by atoms with E-state index in [9.17, 15) is 14.7 Å². The molecule has 17 heavy (non-hydrogen) atoms. The third-order valence-corrected chi connectivity index (χ3v) is 3.16. The van der Waals surface area contributed by atoms with Crippen molar-refractivity contribution in [1.82, 2.24) is 0 Å². The average Bonchev–Trinajstić information content (AvgIpc) is 2.64. The molecule has 0 spiro atoms. The summed E-state index contributed by atoms with van der Waals surface area (Å²) in [6, 6.07) is 5.21. The van der Waals surface area contributed by atoms with Crippen molar-refractivity contribution < 1.29 is 14.7 Å². The van der Waals surface area contributed by atoms with Crippen molar-refractivity contribution in [2.24, 2.45) is 5.92 Å². The molecule has 1 aromatic rings. The van der Waals surface area contributed by atoms with Gasteiger partial charge in [-0.25, -0.2) is 0 Å². The lowest BCUT2D eigenvalue weighted by Crippen LogP contribution is -2.33. The van der Waals surface area contributed by atoms with E-state index in [0.717, 1.165) is 5.56 Å². The number of hydrogen-bond donors (Lipinski definition) is 0. The van der Waals surface area contributed by atoms with Crippen molar-refractivity contribution in [3.05, 3.63) is 28.8 Å². The van der Waals surface area contributed by atoms with Gasteiger partial charge in [-0.05, 0) is 24.6 Å². The number of hydrogen-bond acceptors (Lipinski definition) is 3. The van der Waals surface area contributed by atoms with Crippen LogP contribution in [0.4, 0.5) is 5.69 Å². The Morgan fingerprint density at radius 1 is 1.53 bits per heavy atom. The number of rotatable bonds is 2. The van der Waals surface area contributed by atoms with Gasteiger partial charge in [0.25, 0.3) is 0 Å². The minimum Gasteiger partial charge on any atom is -0.550 e. The van der Waals surface area contributed by atoms with Crippen molar-refractivity contribution in [3.63, 3.8) is 0 Å². The van der Waals surface area contributed by atoms with E-state index in [1.165, 1.54) is 4.90 Å². The second-order valence-corrected chi connectivity index (χ2v) is 4.59. The fraction of sp³-hybridized carbons (Fsp3) is 0.333. The number of nitrogens with zero attached hydrogens (tertiary/aromatic N) is 1. The first kappa shape index (κ1) is 11.9. The molecule has 1 aromatic carbocycles. The summed E-state index contributed by atoms with van der Waals surface area (Å²) in [6.45, 7) is 2.01. The third-order valence-electron chi connectivity index (χ3n) is 2.92. The van der Waals surface area contributed by atoms with Gasteiger partial charge in [0.05, 0.1) is 0 Å². The Balaban J connectivity index is 2.32. The number of aryl methyl sites for hydroxylation is 1. The lowest BCUT2D eigenvalue weighted by molar-refractivity contribution is -0.310. The van der Waals surface area contributed by atoms with Crippen LogP contribution in [0.2, 0.25) is 5.02 Å². The van der Waals surface area contributed by atoms with Crippen LogP contribution in [-0.2, 0) is 9.59 Å². The highest BCUT2D eigenvalue weighted by molar-refractivity contribution is 6.31. The van der Waals surface area contributed by atoms with E-state index >= 15 is 0 Å². The van der Waals surface area contributed by atoms with Crippen LogP contribution >= 0.6 is 11.6 Å². The molecule has 1 atom stereocenters. The maximum absolute atomic E-state index is 11.7. The van der Waals surface area contributed by atoms with Crippen LogP contribution in [0.15, 0.2) is 18.2 Å². The van der Waals surface area contributed by atoms with Crippen molar-refractivity contribution in [1.29, 1.82) is 0 Å². The van der Waals surface area contributed by atoms with Gasteiger partial charge in [0.15, 0.2) is 0 Å². The summed E-state index contributed by atoms with van der Waals surface area (Å²) in [5, 5.41) is 11.3. The monoisotopic (exact) mass is 252 g/mol. The topological polar surface area (TPSA) is 60.4 Å². The van der Waals surface area contributed by atoms with Crippen LogP contribution < -0.4 is 10.0 Å². The van der Waals surface area contributed by atoms with Crippen molar-refractivity contribution in [3.8, 4) is 0 Å². The van der Waals surface area contributed by atoms with Gasteiger partial charge in [-0.3, -0.25) is 4.79 Å².